The number of hydrogen-bond acceptors (Lipinski definition) is 3. The first kappa shape index (κ1) is 18.2. The molecule has 24 heavy (non-hydrogen) atoms. The summed E-state index contributed by atoms with van der Waals surface area (Å²) in [5.41, 5.74) is 3.49. The van der Waals surface area contributed by atoms with E-state index in [0.717, 1.165) is 11.1 Å². The van der Waals surface area contributed by atoms with Crippen LogP contribution >= 0.6 is 0 Å². The van der Waals surface area contributed by atoms with E-state index in [4.69, 9.17) is 0 Å². The molecule has 0 amide bonds. The quantitative estimate of drug-likeness (QED) is 0.874. The first-order chi connectivity index (χ1) is 11.3. The van der Waals surface area contributed by atoms with E-state index in [0.29, 0.717) is 24.0 Å². The molecule has 0 unspecified atom stereocenters. The molecule has 0 aromatic heterocycles. The first-order valence-corrected chi connectivity index (χ1v) is 9.35. The summed E-state index contributed by atoms with van der Waals surface area (Å²) in [6, 6.07) is 14.7. The Bertz CT molecular complexity index is 830. The van der Waals surface area contributed by atoms with Crippen LogP contribution in [0.3, 0.4) is 0 Å². The van der Waals surface area contributed by atoms with E-state index in [1.54, 1.807) is 13.8 Å². The summed E-state index contributed by atoms with van der Waals surface area (Å²) in [5.74, 6) is 0. The average molecular weight is 342 g/mol. The van der Waals surface area contributed by atoms with Gasteiger partial charge >= 0.3 is 0 Å². The summed E-state index contributed by atoms with van der Waals surface area (Å²) >= 11 is 0. The molecular weight excluding hydrogens is 320 g/mol. The molecule has 0 aliphatic heterocycles. The minimum Gasteiger partial charge on any atom is -0.207 e. The summed E-state index contributed by atoms with van der Waals surface area (Å²) in [4.78, 5) is 0.271. The smallest absolute Gasteiger partial charge is 0.207 e. The van der Waals surface area contributed by atoms with E-state index in [9.17, 15) is 13.7 Å². The molecule has 0 radical (unpaired) electrons. The second-order valence-corrected chi connectivity index (χ2v) is 7.71. The van der Waals surface area contributed by atoms with E-state index >= 15 is 0 Å². The van der Waals surface area contributed by atoms with Gasteiger partial charge in [0.1, 0.15) is 6.04 Å². The Hall–Kier alpha value is -2.16. The van der Waals surface area contributed by atoms with Crippen molar-refractivity contribution in [2.45, 2.75) is 44.6 Å². The summed E-state index contributed by atoms with van der Waals surface area (Å²) < 4.78 is 27.9. The fourth-order valence-corrected chi connectivity index (χ4v) is 4.57. The van der Waals surface area contributed by atoms with Crippen molar-refractivity contribution in [3.63, 3.8) is 0 Å². The molecule has 0 saturated heterocycles. The molecule has 0 fully saturated rings. The van der Waals surface area contributed by atoms with Crippen molar-refractivity contribution in [3.05, 3.63) is 64.7 Å². The lowest BCUT2D eigenvalue weighted by Crippen LogP contribution is -2.35. The monoisotopic (exact) mass is 342 g/mol. The molecule has 0 heterocycles. The fourth-order valence-electron chi connectivity index (χ4n) is 2.94. The predicted molar refractivity (Wildman–Crippen MR) is 95.1 cm³/mol. The van der Waals surface area contributed by atoms with Gasteiger partial charge in [-0.15, -0.1) is 0 Å². The Labute approximate surface area is 144 Å². The Kier molecular flexibility index (Phi) is 5.76. The van der Waals surface area contributed by atoms with Crippen LogP contribution in [0.5, 0.6) is 0 Å². The Morgan fingerprint density at radius 1 is 1.08 bits per heavy atom. The third-order valence-corrected chi connectivity index (χ3v) is 5.67. The molecular formula is C19H22N2O2S. The molecule has 1 N–H and O–H groups in total. The number of sulfonamides is 1. The van der Waals surface area contributed by atoms with Crippen LogP contribution in [0.2, 0.25) is 0 Å². The molecule has 4 nitrogen and oxygen atoms in total. The van der Waals surface area contributed by atoms with Gasteiger partial charge in [-0.2, -0.15) is 9.98 Å². The highest BCUT2D eigenvalue weighted by molar-refractivity contribution is 7.89. The van der Waals surface area contributed by atoms with Gasteiger partial charge in [0.15, 0.2) is 0 Å². The number of aryl methyl sites for hydroxylation is 4. The molecule has 0 aliphatic rings. The summed E-state index contributed by atoms with van der Waals surface area (Å²) in [6.07, 6.45) is 1.08. The third-order valence-electron chi connectivity index (χ3n) is 3.89. The van der Waals surface area contributed by atoms with Gasteiger partial charge in [0.25, 0.3) is 0 Å². The van der Waals surface area contributed by atoms with Crippen LogP contribution < -0.4 is 4.72 Å². The maximum absolute atomic E-state index is 12.7. The van der Waals surface area contributed by atoms with Crippen molar-refractivity contribution in [2.75, 3.05) is 0 Å². The van der Waals surface area contributed by atoms with E-state index in [1.165, 1.54) is 0 Å². The van der Waals surface area contributed by atoms with Crippen molar-refractivity contribution in [2.24, 2.45) is 0 Å². The minimum atomic E-state index is -3.73. The first-order valence-electron chi connectivity index (χ1n) is 7.87. The predicted octanol–water partition coefficient (Wildman–Crippen LogP) is 3.42. The SMILES string of the molecule is Cc1cc(C)c(S(=O)(=O)N[C@H](C#N)CCc2ccccc2)c(C)c1. The second kappa shape index (κ2) is 7.61. The number of benzene rings is 2. The van der Waals surface area contributed by atoms with Crippen molar-refractivity contribution in [3.8, 4) is 6.07 Å². The van der Waals surface area contributed by atoms with Crippen LogP contribution in [0, 0.1) is 32.1 Å². The highest BCUT2D eigenvalue weighted by Gasteiger charge is 2.23. The molecule has 0 aliphatic carbocycles. The van der Waals surface area contributed by atoms with Crippen molar-refractivity contribution in [1.29, 1.82) is 5.26 Å². The Morgan fingerprint density at radius 3 is 2.21 bits per heavy atom. The molecule has 2 aromatic carbocycles. The van der Waals surface area contributed by atoms with Gasteiger partial charge in [0, 0.05) is 0 Å². The van der Waals surface area contributed by atoms with Gasteiger partial charge < -0.3 is 0 Å². The van der Waals surface area contributed by atoms with Crippen LogP contribution in [0.4, 0.5) is 0 Å². The van der Waals surface area contributed by atoms with Gasteiger partial charge in [-0.05, 0) is 50.3 Å². The van der Waals surface area contributed by atoms with Gasteiger partial charge in [-0.3, -0.25) is 0 Å². The average Bonchev–Trinajstić information content (AvgIpc) is 2.51. The number of nitrogens with one attached hydrogen (secondary N) is 1. The van der Waals surface area contributed by atoms with E-state index < -0.39 is 16.1 Å². The summed E-state index contributed by atoms with van der Waals surface area (Å²) in [5, 5.41) is 9.32. The lowest BCUT2D eigenvalue weighted by atomic mass is 10.1. The Morgan fingerprint density at radius 2 is 1.67 bits per heavy atom. The summed E-state index contributed by atoms with van der Waals surface area (Å²) in [7, 11) is -3.73. The number of hydrogen-bond donors (Lipinski definition) is 1. The van der Waals surface area contributed by atoms with Crippen molar-refractivity contribution in [1.82, 2.24) is 4.72 Å². The minimum absolute atomic E-state index is 0.271. The number of nitriles is 1. The normalized spacial score (nSPS) is 12.6. The Balaban J connectivity index is 2.17. The molecule has 1 atom stereocenters. The highest BCUT2D eigenvalue weighted by atomic mass is 32.2. The van der Waals surface area contributed by atoms with E-state index in [1.807, 2.05) is 49.4 Å². The second-order valence-electron chi connectivity index (χ2n) is 6.06. The molecule has 2 aromatic rings. The van der Waals surface area contributed by atoms with Crippen LogP contribution in [-0.2, 0) is 16.4 Å². The summed E-state index contributed by atoms with van der Waals surface area (Å²) in [6.45, 7) is 5.49. The molecule has 5 heteroatoms. The van der Waals surface area contributed by atoms with Crippen LogP contribution in [0.1, 0.15) is 28.7 Å². The third kappa shape index (κ3) is 4.44. The molecule has 0 saturated carbocycles. The molecule has 126 valence electrons. The topological polar surface area (TPSA) is 70.0 Å². The van der Waals surface area contributed by atoms with Crippen molar-refractivity contribution < 1.29 is 8.42 Å². The number of nitrogens with zero attached hydrogens (tertiary/aromatic N) is 1. The zero-order valence-electron chi connectivity index (χ0n) is 14.2. The largest absolute Gasteiger partial charge is 0.242 e. The van der Waals surface area contributed by atoms with Gasteiger partial charge in [0.05, 0.1) is 11.0 Å². The van der Waals surface area contributed by atoms with Crippen LogP contribution in [-0.4, -0.2) is 14.5 Å². The lowest BCUT2D eigenvalue weighted by molar-refractivity contribution is 0.563. The van der Waals surface area contributed by atoms with Crippen LogP contribution in [0.25, 0.3) is 0 Å². The number of rotatable bonds is 6. The van der Waals surface area contributed by atoms with Crippen LogP contribution in [0.15, 0.2) is 47.4 Å². The highest BCUT2D eigenvalue weighted by Crippen LogP contribution is 2.22. The zero-order chi connectivity index (χ0) is 17.7. The van der Waals surface area contributed by atoms with E-state index in [2.05, 4.69) is 10.8 Å². The zero-order valence-corrected chi connectivity index (χ0v) is 15.0. The maximum atomic E-state index is 12.7. The van der Waals surface area contributed by atoms with Crippen molar-refractivity contribution >= 4 is 10.0 Å². The van der Waals surface area contributed by atoms with E-state index in [-0.39, 0.29) is 4.90 Å². The standard InChI is InChI=1S/C19H22N2O2S/c1-14-11-15(2)19(16(3)12-14)24(22,23)21-18(13-20)10-9-17-7-5-4-6-8-17/h4-8,11-12,18,21H,9-10H2,1-3H3/t18-/m0/s1. The molecule has 2 rings (SSSR count). The molecule has 0 spiro atoms. The fraction of sp³-hybridized carbons (Fsp3) is 0.316. The van der Waals surface area contributed by atoms with Gasteiger partial charge in [0.2, 0.25) is 10.0 Å². The molecule has 0 bridgehead atoms. The lowest BCUT2D eigenvalue weighted by Gasteiger charge is -2.16. The maximum Gasteiger partial charge on any atom is 0.242 e. The van der Waals surface area contributed by atoms with Gasteiger partial charge in [-0.1, -0.05) is 48.0 Å². The van der Waals surface area contributed by atoms with Gasteiger partial charge in [-0.25, -0.2) is 8.42 Å².